The van der Waals surface area contributed by atoms with Crippen molar-refractivity contribution in [3.05, 3.63) is 69.5 Å². The Bertz CT molecular complexity index is 1320. The molecular formula is C26H24F3N3O6S. The second kappa shape index (κ2) is 12.3. The average Bonchev–Trinajstić information content (AvgIpc) is 3.36. The number of thiophene rings is 1. The Balaban J connectivity index is 1.29. The monoisotopic (exact) mass is 563 g/mol. The smallest absolute Gasteiger partial charge is 0.489 e. The zero-order valence-corrected chi connectivity index (χ0v) is 21.6. The lowest BCUT2D eigenvalue weighted by Crippen LogP contribution is -2.30. The van der Waals surface area contributed by atoms with Crippen LogP contribution in [0.4, 0.5) is 19.0 Å². The quantitative estimate of drug-likeness (QED) is 0.310. The Hall–Kier alpha value is -3.97. The van der Waals surface area contributed by atoms with E-state index in [0.717, 1.165) is 30.6 Å². The van der Waals surface area contributed by atoms with Crippen molar-refractivity contribution in [3.8, 4) is 11.5 Å². The number of ether oxygens (including phenoxy) is 3. The van der Waals surface area contributed by atoms with Gasteiger partial charge in [-0.25, -0.2) is 14.6 Å². The zero-order valence-electron chi connectivity index (χ0n) is 20.7. The molecule has 2 aromatic heterocycles. The van der Waals surface area contributed by atoms with Crippen LogP contribution < -0.4 is 19.7 Å². The minimum Gasteiger partial charge on any atom is -0.489 e. The van der Waals surface area contributed by atoms with Gasteiger partial charge in [-0.3, -0.25) is 9.69 Å². The Labute approximate surface area is 225 Å². The molecule has 0 unspecified atom stereocenters. The largest absolute Gasteiger partial charge is 0.491 e. The number of nitrogens with zero attached hydrogens (tertiary/aromatic N) is 2. The predicted molar refractivity (Wildman–Crippen MR) is 135 cm³/mol. The van der Waals surface area contributed by atoms with Crippen molar-refractivity contribution in [1.82, 2.24) is 10.3 Å². The molecule has 0 aliphatic carbocycles. The lowest BCUT2D eigenvalue weighted by atomic mass is 10.1. The zero-order chi connectivity index (χ0) is 28.0. The highest BCUT2D eigenvalue weighted by atomic mass is 32.1. The molecule has 39 heavy (non-hydrogen) atoms. The number of amides is 1. The molecule has 9 nitrogen and oxygen atoms in total. The van der Waals surface area contributed by atoms with E-state index in [1.165, 1.54) is 33.2 Å². The van der Waals surface area contributed by atoms with E-state index in [9.17, 15) is 27.6 Å². The number of fused-ring (bicyclic) bond motifs is 1. The van der Waals surface area contributed by atoms with Crippen LogP contribution in [0.2, 0.25) is 0 Å². The number of halogens is 3. The molecule has 3 aromatic rings. The van der Waals surface area contributed by atoms with Gasteiger partial charge in [-0.2, -0.15) is 13.2 Å². The summed E-state index contributed by atoms with van der Waals surface area (Å²) in [7, 11) is 1.65. The van der Waals surface area contributed by atoms with Crippen LogP contribution in [0.5, 0.6) is 11.5 Å². The fraction of sp³-hybridized carbons (Fsp3) is 0.308. The number of hydrogen-bond acceptors (Lipinski definition) is 9. The second-order valence-electron chi connectivity index (χ2n) is 8.47. The molecule has 0 saturated heterocycles. The molecule has 206 valence electrons. The number of carbonyl (C=O) groups excluding carboxylic acids is 3. The maximum absolute atomic E-state index is 13.1. The van der Waals surface area contributed by atoms with Gasteiger partial charge in [-0.15, -0.1) is 11.3 Å². The fourth-order valence-electron chi connectivity index (χ4n) is 3.73. The summed E-state index contributed by atoms with van der Waals surface area (Å²) in [5.74, 6) is -3.17. The molecule has 1 aromatic carbocycles. The normalized spacial score (nSPS) is 12.8. The number of carbonyl (C=O) groups is 3. The second-order valence-corrected chi connectivity index (χ2v) is 9.60. The van der Waals surface area contributed by atoms with Gasteiger partial charge in [0.1, 0.15) is 5.75 Å². The standard InChI is InChI=1S/C26H24F3N3O6S/c1-32(24(34)21-13-17-14-30-11-8-20(17)39-21)23-19(3-2-10-31-23)36-12-9-16-4-6-18(7-5-16)37-15-22(33)38-25(35)26(27,28)29/h2-7,10,13,30H,8-9,11-12,14-15H2,1H3. The van der Waals surface area contributed by atoms with Crippen LogP contribution in [0, 0.1) is 0 Å². The Morgan fingerprint density at radius 1 is 1.13 bits per heavy atom. The molecule has 0 radical (unpaired) electrons. The van der Waals surface area contributed by atoms with Crippen molar-refractivity contribution in [2.75, 3.05) is 31.7 Å². The number of anilines is 1. The third kappa shape index (κ3) is 7.33. The van der Waals surface area contributed by atoms with Gasteiger partial charge in [-0.05, 0) is 47.9 Å². The summed E-state index contributed by atoms with van der Waals surface area (Å²) in [4.78, 5) is 42.8. The molecule has 1 amide bonds. The minimum absolute atomic E-state index is 0.166. The number of nitrogens with one attached hydrogen (secondary N) is 1. The van der Waals surface area contributed by atoms with E-state index in [1.54, 1.807) is 37.5 Å². The SMILES string of the molecule is CN(C(=O)c1cc2c(s1)CCNC2)c1ncccc1OCCc1ccc(OCC(=O)OC(=O)C(F)(F)F)cc1. The van der Waals surface area contributed by atoms with Crippen LogP contribution in [0.25, 0.3) is 0 Å². The van der Waals surface area contributed by atoms with Crippen LogP contribution in [0.15, 0.2) is 48.7 Å². The molecule has 1 N–H and O–H groups in total. The van der Waals surface area contributed by atoms with Crippen LogP contribution in [0.3, 0.4) is 0 Å². The Kier molecular flexibility index (Phi) is 8.82. The molecule has 1 aliphatic rings. The number of aromatic nitrogens is 1. The maximum atomic E-state index is 13.1. The molecule has 0 saturated carbocycles. The van der Waals surface area contributed by atoms with E-state index in [4.69, 9.17) is 9.47 Å². The first-order valence-electron chi connectivity index (χ1n) is 11.8. The number of pyridine rings is 1. The van der Waals surface area contributed by atoms with Gasteiger partial charge >= 0.3 is 18.1 Å². The molecule has 1 aliphatic heterocycles. The van der Waals surface area contributed by atoms with Crippen molar-refractivity contribution >= 4 is 35.0 Å². The van der Waals surface area contributed by atoms with E-state index >= 15 is 0 Å². The molecule has 3 heterocycles. The number of benzene rings is 1. The van der Waals surface area contributed by atoms with E-state index in [0.29, 0.717) is 22.9 Å². The lowest BCUT2D eigenvalue weighted by Gasteiger charge is -2.19. The molecular weight excluding hydrogens is 539 g/mol. The van der Waals surface area contributed by atoms with E-state index in [2.05, 4.69) is 15.0 Å². The summed E-state index contributed by atoms with van der Waals surface area (Å²) in [6, 6.07) is 11.8. The van der Waals surface area contributed by atoms with Gasteiger partial charge in [-0.1, -0.05) is 12.1 Å². The molecule has 13 heteroatoms. The first-order valence-corrected chi connectivity index (χ1v) is 12.6. The highest BCUT2D eigenvalue weighted by molar-refractivity contribution is 7.14. The molecule has 4 rings (SSSR count). The predicted octanol–water partition coefficient (Wildman–Crippen LogP) is 3.70. The van der Waals surface area contributed by atoms with Gasteiger partial charge in [0, 0.05) is 37.6 Å². The van der Waals surface area contributed by atoms with Gasteiger partial charge < -0.3 is 19.5 Å². The first kappa shape index (κ1) is 28.0. The summed E-state index contributed by atoms with van der Waals surface area (Å²) in [5.41, 5.74) is 2.00. The maximum Gasteiger partial charge on any atom is 0.491 e. The van der Waals surface area contributed by atoms with Crippen LogP contribution >= 0.6 is 11.3 Å². The summed E-state index contributed by atoms with van der Waals surface area (Å²) in [6.07, 6.45) is -2.29. The highest BCUT2D eigenvalue weighted by Crippen LogP contribution is 2.30. The third-order valence-electron chi connectivity index (χ3n) is 5.69. The number of alkyl halides is 3. The van der Waals surface area contributed by atoms with Gasteiger partial charge in [0.05, 0.1) is 11.5 Å². The topological polar surface area (TPSA) is 107 Å². The molecule has 0 bridgehead atoms. The number of hydrogen-bond donors (Lipinski definition) is 1. The van der Waals surface area contributed by atoms with E-state index < -0.39 is 24.7 Å². The van der Waals surface area contributed by atoms with Crippen molar-refractivity contribution in [3.63, 3.8) is 0 Å². The summed E-state index contributed by atoms with van der Waals surface area (Å²) >= 11 is 1.50. The molecule has 0 spiro atoms. The van der Waals surface area contributed by atoms with Crippen molar-refractivity contribution in [2.45, 2.75) is 25.6 Å². The Morgan fingerprint density at radius 2 is 1.90 bits per heavy atom. The summed E-state index contributed by atoms with van der Waals surface area (Å²) in [6.45, 7) is 1.06. The van der Waals surface area contributed by atoms with Gasteiger partial charge in [0.15, 0.2) is 18.2 Å². The number of esters is 2. The first-order chi connectivity index (χ1) is 18.6. The van der Waals surface area contributed by atoms with Crippen LogP contribution in [-0.2, 0) is 33.7 Å². The number of rotatable bonds is 9. The minimum atomic E-state index is -5.26. The lowest BCUT2D eigenvalue weighted by molar-refractivity contribution is -0.202. The summed E-state index contributed by atoms with van der Waals surface area (Å²) < 4.78 is 51.1. The van der Waals surface area contributed by atoms with E-state index in [1.807, 2.05) is 6.07 Å². The Morgan fingerprint density at radius 3 is 2.62 bits per heavy atom. The average molecular weight is 564 g/mol. The van der Waals surface area contributed by atoms with Crippen molar-refractivity contribution in [2.24, 2.45) is 0 Å². The van der Waals surface area contributed by atoms with Gasteiger partial charge in [0.25, 0.3) is 5.91 Å². The van der Waals surface area contributed by atoms with Gasteiger partial charge in [0.2, 0.25) is 0 Å². The van der Waals surface area contributed by atoms with Crippen molar-refractivity contribution < 1.29 is 41.8 Å². The van der Waals surface area contributed by atoms with Crippen LogP contribution in [-0.4, -0.2) is 55.8 Å². The third-order valence-corrected chi connectivity index (χ3v) is 6.92. The highest BCUT2D eigenvalue weighted by Gasteiger charge is 2.42. The van der Waals surface area contributed by atoms with Crippen LogP contribution in [0.1, 0.15) is 25.7 Å². The molecule has 0 atom stereocenters. The van der Waals surface area contributed by atoms with Crippen molar-refractivity contribution in [1.29, 1.82) is 0 Å². The summed E-state index contributed by atoms with van der Waals surface area (Å²) in [5, 5.41) is 3.30. The fourth-order valence-corrected chi connectivity index (χ4v) is 4.89. The van der Waals surface area contributed by atoms with E-state index in [-0.39, 0.29) is 18.3 Å². The molecule has 0 fully saturated rings.